The van der Waals surface area contributed by atoms with Crippen LogP contribution in [-0.4, -0.2) is 16.2 Å². The highest BCUT2D eigenvalue weighted by molar-refractivity contribution is 5.78. The Bertz CT molecular complexity index is 1250. The van der Waals surface area contributed by atoms with Crippen LogP contribution < -0.4 is 4.74 Å². The van der Waals surface area contributed by atoms with Crippen LogP contribution >= 0.6 is 0 Å². The van der Waals surface area contributed by atoms with Crippen LogP contribution in [0.3, 0.4) is 0 Å². The summed E-state index contributed by atoms with van der Waals surface area (Å²) in [7, 11) is 0. The Kier molecular flexibility index (Phi) is 4.25. The summed E-state index contributed by atoms with van der Waals surface area (Å²) in [5, 5.41) is 20.9. The van der Waals surface area contributed by atoms with Crippen molar-refractivity contribution in [2.75, 3.05) is 0 Å². The van der Waals surface area contributed by atoms with E-state index in [1.54, 1.807) is 0 Å². The van der Waals surface area contributed by atoms with Crippen molar-refractivity contribution in [2.45, 2.75) is 44.3 Å². The summed E-state index contributed by atoms with van der Waals surface area (Å²) in [5.74, 6) is 0.383. The maximum absolute atomic E-state index is 11.6. The van der Waals surface area contributed by atoms with Gasteiger partial charge in [-0.1, -0.05) is 42.5 Å². The number of benzene rings is 3. The summed E-state index contributed by atoms with van der Waals surface area (Å²) in [5.41, 5.74) is 6.75. The number of rotatable bonds is 5. The third-order valence-corrected chi connectivity index (χ3v) is 7.76. The molecule has 0 bridgehead atoms. The van der Waals surface area contributed by atoms with Gasteiger partial charge < -0.3 is 14.9 Å². The molecule has 1 saturated carbocycles. The van der Waals surface area contributed by atoms with Crippen LogP contribution in [0.25, 0.3) is 0 Å². The minimum Gasteiger partial charge on any atom is -0.489 e. The van der Waals surface area contributed by atoms with Gasteiger partial charge in [-0.15, -0.1) is 0 Å². The number of carbonyl (C=O) groups is 1. The van der Waals surface area contributed by atoms with E-state index < -0.39 is 11.6 Å². The van der Waals surface area contributed by atoms with Crippen molar-refractivity contribution in [1.29, 1.82) is 0 Å². The molecule has 0 saturated heterocycles. The maximum atomic E-state index is 11.6. The van der Waals surface area contributed by atoms with Crippen LogP contribution in [0.5, 0.6) is 5.75 Å². The van der Waals surface area contributed by atoms with Gasteiger partial charge in [0.1, 0.15) is 18.0 Å². The van der Waals surface area contributed by atoms with E-state index in [0.717, 1.165) is 40.8 Å². The lowest BCUT2D eigenvalue weighted by molar-refractivity contribution is -0.139. The fraction of sp³-hybridized carbons (Fsp3) is 0.321. The molecule has 0 heterocycles. The van der Waals surface area contributed by atoms with Gasteiger partial charge in [-0.3, -0.25) is 4.79 Å². The minimum absolute atomic E-state index is 0.187. The third-order valence-electron chi connectivity index (χ3n) is 7.76. The number of carboxylic acids is 1. The molecule has 4 atom stereocenters. The molecule has 162 valence electrons. The van der Waals surface area contributed by atoms with E-state index in [9.17, 15) is 15.0 Å². The summed E-state index contributed by atoms with van der Waals surface area (Å²) >= 11 is 0. The van der Waals surface area contributed by atoms with Crippen LogP contribution in [0.1, 0.15) is 51.3 Å². The van der Waals surface area contributed by atoms with Gasteiger partial charge in [0, 0.05) is 5.92 Å². The zero-order chi connectivity index (χ0) is 22.0. The molecular weight excluding hydrogens is 400 g/mol. The zero-order valence-corrected chi connectivity index (χ0v) is 18.0. The van der Waals surface area contributed by atoms with Crippen molar-refractivity contribution in [3.8, 4) is 5.75 Å². The van der Waals surface area contributed by atoms with E-state index in [2.05, 4.69) is 37.3 Å². The number of ether oxygens (including phenoxy) is 1. The van der Waals surface area contributed by atoms with E-state index in [1.807, 2.05) is 30.3 Å². The van der Waals surface area contributed by atoms with Gasteiger partial charge in [0.15, 0.2) is 0 Å². The molecular formula is C28H26O4. The topological polar surface area (TPSA) is 66.8 Å². The van der Waals surface area contributed by atoms with Crippen molar-refractivity contribution in [3.05, 3.63) is 99.6 Å². The van der Waals surface area contributed by atoms with E-state index in [4.69, 9.17) is 4.74 Å². The summed E-state index contributed by atoms with van der Waals surface area (Å²) < 4.78 is 6.10. The second-order valence-electron chi connectivity index (χ2n) is 9.57. The third kappa shape index (κ3) is 2.90. The number of aliphatic hydroxyl groups is 1. The van der Waals surface area contributed by atoms with E-state index in [-0.39, 0.29) is 17.8 Å². The minimum atomic E-state index is -0.952. The lowest BCUT2D eigenvalue weighted by Crippen LogP contribution is -2.25. The van der Waals surface area contributed by atoms with Gasteiger partial charge >= 0.3 is 5.97 Å². The Morgan fingerprint density at radius 2 is 1.91 bits per heavy atom. The first-order chi connectivity index (χ1) is 15.5. The number of fused-ring (bicyclic) bond motifs is 4. The highest BCUT2D eigenvalue weighted by Crippen LogP contribution is 2.61. The predicted octanol–water partition coefficient (Wildman–Crippen LogP) is 4.73. The average Bonchev–Trinajstić information content (AvgIpc) is 3.23. The second-order valence-corrected chi connectivity index (χ2v) is 9.57. The van der Waals surface area contributed by atoms with Gasteiger partial charge in [0.2, 0.25) is 0 Å². The van der Waals surface area contributed by atoms with Crippen molar-refractivity contribution in [3.63, 3.8) is 0 Å². The van der Waals surface area contributed by atoms with E-state index >= 15 is 0 Å². The van der Waals surface area contributed by atoms with Gasteiger partial charge in [0.05, 0.1) is 5.92 Å². The fourth-order valence-electron chi connectivity index (χ4n) is 6.07. The van der Waals surface area contributed by atoms with Gasteiger partial charge in [-0.2, -0.15) is 0 Å². The van der Waals surface area contributed by atoms with E-state index in [0.29, 0.717) is 13.0 Å². The van der Waals surface area contributed by atoms with Crippen LogP contribution in [0.15, 0.2) is 60.7 Å². The molecule has 0 amide bonds. The Morgan fingerprint density at radius 1 is 1.06 bits per heavy atom. The van der Waals surface area contributed by atoms with Crippen LogP contribution in [0.4, 0.5) is 0 Å². The number of aliphatic carboxylic acids is 1. The Morgan fingerprint density at radius 3 is 2.72 bits per heavy atom. The first-order valence-corrected chi connectivity index (χ1v) is 11.3. The molecule has 0 aromatic heterocycles. The number of aryl methyl sites for hydroxylation is 2. The lowest BCUT2D eigenvalue weighted by Gasteiger charge is -2.27. The predicted molar refractivity (Wildman–Crippen MR) is 121 cm³/mol. The summed E-state index contributed by atoms with van der Waals surface area (Å²) in [6, 6.07) is 20.4. The molecule has 3 aromatic rings. The molecule has 1 fully saturated rings. The van der Waals surface area contributed by atoms with E-state index in [1.165, 1.54) is 16.7 Å². The molecule has 4 heteroatoms. The SMILES string of the molecule is Cc1ccccc1C1(O)CCc2ccc(COc3ccc4c(c3)C[C@H]3[C@H](C(=O)O)[C@@H]43)cc21. The Hall–Kier alpha value is -3.11. The van der Waals surface area contributed by atoms with Gasteiger partial charge in [-0.05, 0) is 89.2 Å². The van der Waals surface area contributed by atoms with Crippen LogP contribution in [0.2, 0.25) is 0 Å². The summed E-state index contributed by atoms with van der Waals surface area (Å²) in [6.45, 7) is 2.48. The van der Waals surface area contributed by atoms with Crippen molar-refractivity contribution >= 4 is 5.97 Å². The number of hydrogen-bond acceptors (Lipinski definition) is 3. The van der Waals surface area contributed by atoms with Crippen LogP contribution in [-0.2, 0) is 29.8 Å². The molecule has 32 heavy (non-hydrogen) atoms. The molecule has 4 nitrogen and oxygen atoms in total. The fourth-order valence-corrected chi connectivity index (χ4v) is 6.07. The monoisotopic (exact) mass is 426 g/mol. The molecule has 6 rings (SSSR count). The molecule has 0 spiro atoms. The largest absolute Gasteiger partial charge is 0.489 e. The standard InChI is InChI=1S/C28H26O4/c1-16-4-2-3-5-23(16)28(31)11-10-18-7-6-17(12-24(18)28)15-32-20-8-9-21-19(13-20)14-22-25(21)26(22)27(29)30/h2-9,12-13,22,25-26,31H,10-11,14-15H2,1H3,(H,29,30)/t22-,25+,26+,28?/m1/s1. The zero-order valence-electron chi connectivity index (χ0n) is 18.0. The van der Waals surface area contributed by atoms with Gasteiger partial charge in [0.25, 0.3) is 0 Å². The molecule has 0 radical (unpaired) electrons. The lowest BCUT2D eigenvalue weighted by atomic mass is 9.85. The molecule has 2 N–H and O–H groups in total. The summed E-state index contributed by atoms with van der Waals surface area (Å²) in [4.78, 5) is 11.3. The van der Waals surface area contributed by atoms with Crippen molar-refractivity contribution in [2.24, 2.45) is 11.8 Å². The first-order valence-electron chi connectivity index (χ1n) is 11.3. The molecule has 0 aliphatic heterocycles. The molecule has 3 aromatic carbocycles. The van der Waals surface area contributed by atoms with Crippen molar-refractivity contribution in [1.82, 2.24) is 0 Å². The second kappa shape index (κ2) is 6.94. The quantitative estimate of drug-likeness (QED) is 0.619. The maximum Gasteiger partial charge on any atom is 0.307 e. The number of hydrogen-bond donors (Lipinski definition) is 2. The normalized spacial score (nSPS) is 26.9. The van der Waals surface area contributed by atoms with Crippen LogP contribution in [0, 0.1) is 18.8 Å². The molecule has 3 aliphatic carbocycles. The Balaban J connectivity index is 1.21. The number of carboxylic acid groups (broad SMARTS) is 1. The first kappa shape index (κ1) is 19.6. The van der Waals surface area contributed by atoms with Gasteiger partial charge in [-0.25, -0.2) is 0 Å². The van der Waals surface area contributed by atoms with Crippen molar-refractivity contribution < 1.29 is 19.7 Å². The average molecular weight is 427 g/mol. The Labute approximate surface area is 187 Å². The smallest absolute Gasteiger partial charge is 0.307 e. The highest BCUT2D eigenvalue weighted by atomic mass is 16.5. The highest BCUT2D eigenvalue weighted by Gasteiger charge is 2.59. The molecule has 3 aliphatic rings. The molecule has 1 unspecified atom stereocenters. The summed E-state index contributed by atoms with van der Waals surface area (Å²) in [6.07, 6.45) is 2.39.